The first kappa shape index (κ1) is 23.0. The normalized spacial score (nSPS) is 17.1. The molecule has 3 aromatic rings. The summed E-state index contributed by atoms with van der Waals surface area (Å²) in [6.07, 6.45) is 3.60. The minimum absolute atomic E-state index is 0.0329. The zero-order valence-electron chi connectivity index (χ0n) is 18.7. The molecule has 1 aromatic heterocycles. The summed E-state index contributed by atoms with van der Waals surface area (Å²) in [6.45, 7) is 4.46. The van der Waals surface area contributed by atoms with Crippen molar-refractivity contribution in [2.24, 2.45) is 0 Å². The fourth-order valence-electron chi connectivity index (χ4n) is 4.17. The van der Waals surface area contributed by atoms with E-state index in [1.54, 1.807) is 40.7 Å². The highest BCUT2D eigenvalue weighted by Gasteiger charge is 2.32. The number of anilines is 1. The summed E-state index contributed by atoms with van der Waals surface area (Å²) < 4.78 is 27.8. The third-order valence-corrected chi connectivity index (χ3v) is 7.98. The molecule has 0 radical (unpaired) electrons. The molecule has 9 heteroatoms. The average molecular weight is 469 g/mol. The van der Waals surface area contributed by atoms with Gasteiger partial charge in [0.2, 0.25) is 10.0 Å². The molecule has 2 aromatic carbocycles. The van der Waals surface area contributed by atoms with Crippen LogP contribution in [0, 0.1) is 6.92 Å². The van der Waals surface area contributed by atoms with E-state index in [1.165, 1.54) is 12.1 Å². The Bertz CT molecular complexity index is 1250. The minimum atomic E-state index is -3.57. The van der Waals surface area contributed by atoms with E-state index in [0.717, 1.165) is 31.2 Å². The molecule has 33 heavy (non-hydrogen) atoms. The van der Waals surface area contributed by atoms with Gasteiger partial charge < -0.3 is 10.4 Å². The molecular weight excluding hydrogens is 440 g/mol. The van der Waals surface area contributed by atoms with E-state index in [2.05, 4.69) is 15.5 Å². The number of rotatable bonds is 6. The first-order valence-corrected chi connectivity index (χ1v) is 12.5. The molecule has 1 aliphatic heterocycles. The predicted molar refractivity (Wildman–Crippen MR) is 127 cm³/mol. The van der Waals surface area contributed by atoms with Crippen LogP contribution in [0.2, 0.25) is 0 Å². The van der Waals surface area contributed by atoms with Crippen molar-refractivity contribution < 1.29 is 18.3 Å². The van der Waals surface area contributed by atoms with E-state index in [0.29, 0.717) is 23.5 Å². The van der Waals surface area contributed by atoms with Gasteiger partial charge in [-0.25, -0.2) is 8.42 Å². The Morgan fingerprint density at radius 3 is 2.67 bits per heavy atom. The lowest BCUT2D eigenvalue weighted by atomic mass is 10.0. The molecule has 4 rings (SSSR count). The van der Waals surface area contributed by atoms with E-state index < -0.39 is 15.9 Å². The molecule has 1 saturated heterocycles. The van der Waals surface area contributed by atoms with Crippen molar-refractivity contribution in [3.63, 3.8) is 0 Å². The second-order valence-corrected chi connectivity index (χ2v) is 10.2. The number of sulfonamides is 1. The maximum absolute atomic E-state index is 13.1. The summed E-state index contributed by atoms with van der Waals surface area (Å²) in [5.74, 6) is -0.339. The Hall–Kier alpha value is -3.17. The number of carbonyl (C=O) groups is 1. The van der Waals surface area contributed by atoms with E-state index in [9.17, 15) is 18.3 Å². The smallest absolute Gasteiger partial charge is 0.273 e. The summed E-state index contributed by atoms with van der Waals surface area (Å²) >= 11 is 0. The summed E-state index contributed by atoms with van der Waals surface area (Å²) in [5, 5.41) is 19.6. The highest BCUT2D eigenvalue weighted by molar-refractivity contribution is 7.89. The molecular formula is C24H28N4O4S. The van der Waals surface area contributed by atoms with Crippen molar-refractivity contribution >= 4 is 21.6 Å². The first-order valence-electron chi connectivity index (χ1n) is 11.1. The zero-order chi connectivity index (χ0) is 23.6. The molecule has 0 unspecified atom stereocenters. The number of carbonyl (C=O) groups excluding carboxylic acids is 1. The van der Waals surface area contributed by atoms with E-state index in [-0.39, 0.29) is 22.4 Å². The van der Waals surface area contributed by atoms with Crippen molar-refractivity contribution in [2.45, 2.75) is 50.5 Å². The summed E-state index contributed by atoms with van der Waals surface area (Å²) in [7, 11) is -3.57. The number of H-pyrrole nitrogens is 1. The Morgan fingerprint density at radius 2 is 1.94 bits per heavy atom. The van der Waals surface area contributed by atoms with Crippen molar-refractivity contribution in [3.8, 4) is 17.0 Å². The van der Waals surface area contributed by atoms with Crippen LogP contribution in [-0.4, -0.2) is 46.5 Å². The molecule has 1 amide bonds. The summed E-state index contributed by atoms with van der Waals surface area (Å²) in [6, 6.07) is 13.0. The number of benzene rings is 2. The molecule has 0 saturated carbocycles. The minimum Gasteiger partial charge on any atom is -0.507 e. The number of aromatic nitrogens is 2. The lowest BCUT2D eigenvalue weighted by molar-refractivity contribution is 0.102. The van der Waals surface area contributed by atoms with E-state index in [1.807, 2.05) is 13.8 Å². The molecule has 0 spiro atoms. The van der Waals surface area contributed by atoms with Crippen molar-refractivity contribution in [1.29, 1.82) is 0 Å². The standard InChI is InChI=1S/C24H28N4O4S/c1-3-18-6-4-5-13-28(18)33(31,32)19-10-8-17(9-11-19)25-24(30)22-15-21(26-27-22)20-14-16(2)7-12-23(20)29/h7-12,14-15,18,29H,3-6,13H2,1-2H3,(H,25,30)(H,26,27)/t18-/m1/s1. The zero-order valence-corrected chi connectivity index (χ0v) is 19.5. The number of hydrogen-bond donors (Lipinski definition) is 3. The molecule has 0 bridgehead atoms. The number of phenols is 1. The van der Waals surface area contributed by atoms with Crippen LogP contribution in [-0.2, 0) is 10.0 Å². The number of nitrogens with zero attached hydrogens (tertiary/aromatic N) is 2. The van der Waals surface area contributed by atoms with Gasteiger partial charge in [0.1, 0.15) is 11.4 Å². The second-order valence-electron chi connectivity index (χ2n) is 8.34. The van der Waals surface area contributed by atoms with Crippen LogP contribution in [0.15, 0.2) is 53.4 Å². The van der Waals surface area contributed by atoms with Gasteiger partial charge in [-0.3, -0.25) is 9.89 Å². The third kappa shape index (κ3) is 4.79. The van der Waals surface area contributed by atoms with Crippen molar-refractivity contribution in [1.82, 2.24) is 14.5 Å². The first-order chi connectivity index (χ1) is 15.8. The fourth-order valence-corrected chi connectivity index (χ4v) is 5.94. The molecule has 174 valence electrons. The summed E-state index contributed by atoms with van der Waals surface area (Å²) in [5.41, 5.74) is 2.64. The van der Waals surface area contributed by atoms with Crippen molar-refractivity contribution in [2.75, 3.05) is 11.9 Å². The van der Waals surface area contributed by atoms with Crippen LogP contribution in [0.5, 0.6) is 5.75 Å². The SMILES string of the molecule is CC[C@@H]1CCCCN1S(=O)(=O)c1ccc(NC(=O)c2cc(-c3cc(C)ccc3O)n[nH]2)cc1. The Balaban J connectivity index is 1.48. The van der Waals surface area contributed by atoms with Gasteiger partial charge in [-0.15, -0.1) is 0 Å². The fraction of sp³-hybridized carbons (Fsp3) is 0.333. The van der Waals surface area contributed by atoms with Gasteiger partial charge in [0, 0.05) is 23.8 Å². The average Bonchev–Trinajstić information content (AvgIpc) is 3.31. The Morgan fingerprint density at radius 1 is 1.18 bits per heavy atom. The molecule has 1 fully saturated rings. The molecule has 1 aliphatic rings. The topological polar surface area (TPSA) is 115 Å². The number of phenolic OH excluding ortho intramolecular Hbond substituents is 1. The van der Waals surface area contributed by atoms with Gasteiger partial charge in [0.25, 0.3) is 5.91 Å². The lowest BCUT2D eigenvalue weighted by Crippen LogP contribution is -2.43. The molecule has 3 N–H and O–H groups in total. The van der Waals surface area contributed by atoms with Crippen LogP contribution in [0.1, 0.15) is 48.7 Å². The predicted octanol–water partition coefficient (Wildman–Crippen LogP) is 4.30. The molecule has 1 atom stereocenters. The van der Waals surface area contributed by atoms with Crippen LogP contribution in [0.4, 0.5) is 5.69 Å². The van der Waals surface area contributed by atoms with Gasteiger partial charge in [0.15, 0.2) is 0 Å². The maximum atomic E-state index is 13.1. The second kappa shape index (κ2) is 9.36. The van der Waals surface area contributed by atoms with Crippen LogP contribution >= 0.6 is 0 Å². The number of hydrogen-bond acceptors (Lipinski definition) is 5. The van der Waals surface area contributed by atoms with Gasteiger partial charge in [-0.1, -0.05) is 25.0 Å². The lowest BCUT2D eigenvalue weighted by Gasteiger charge is -2.34. The van der Waals surface area contributed by atoms with Gasteiger partial charge >= 0.3 is 0 Å². The van der Waals surface area contributed by atoms with Gasteiger partial charge in [-0.2, -0.15) is 9.40 Å². The largest absolute Gasteiger partial charge is 0.507 e. The number of amides is 1. The highest BCUT2D eigenvalue weighted by Crippen LogP contribution is 2.30. The third-order valence-electron chi connectivity index (χ3n) is 6.01. The van der Waals surface area contributed by atoms with Crippen molar-refractivity contribution in [3.05, 3.63) is 59.8 Å². The maximum Gasteiger partial charge on any atom is 0.273 e. The number of aryl methyl sites for hydroxylation is 1. The van der Waals surface area contributed by atoms with Crippen LogP contribution in [0.25, 0.3) is 11.3 Å². The number of aromatic amines is 1. The van der Waals surface area contributed by atoms with Crippen LogP contribution < -0.4 is 5.32 Å². The quantitative estimate of drug-likeness (QED) is 0.499. The van der Waals surface area contributed by atoms with E-state index in [4.69, 9.17) is 0 Å². The van der Waals surface area contributed by atoms with Gasteiger partial charge in [0.05, 0.1) is 10.6 Å². The molecule has 8 nitrogen and oxygen atoms in total. The number of aromatic hydroxyl groups is 1. The molecule has 0 aliphatic carbocycles. The van der Waals surface area contributed by atoms with Crippen LogP contribution in [0.3, 0.4) is 0 Å². The van der Waals surface area contributed by atoms with Gasteiger partial charge in [-0.05, 0) is 68.7 Å². The highest BCUT2D eigenvalue weighted by atomic mass is 32.2. The van der Waals surface area contributed by atoms with E-state index >= 15 is 0 Å². The number of piperidine rings is 1. The number of nitrogens with one attached hydrogen (secondary N) is 2. The summed E-state index contributed by atoms with van der Waals surface area (Å²) in [4.78, 5) is 12.9. The molecule has 2 heterocycles. The Labute approximate surface area is 193 Å². The Kier molecular flexibility index (Phi) is 6.53. The monoisotopic (exact) mass is 468 g/mol.